The molecule has 2 aromatic carbocycles. The second-order valence-corrected chi connectivity index (χ2v) is 6.08. The first kappa shape index (κ1) is 14.6. The van der Waals surface area contributed by atoms with Crippen LogP contribution in [-0.4, -0.2) is 10.5 Å². The van der Waals surface area contributed by atoms with Gasteiger partial charge in [0, 0.05) is 9.86 Å². The van der Waals surface area contributed by atoms with Crippen LogP contribution in [-0.2, 0) is 4.79 Å². The van der Waals surface area contributed by atoms with Gasteiger partial charge in [-0.3, -0.25) is 4.57 Å². The van der Waals surface area contributed by atoms with Crippen LogP contribution >= 0.6 is 15.9 Å². The fourth-order valence-electron chi connectivity index (χ4n) is 2.55. The number of aromatic nitrogens is 1. The minimum atomic E-state index is 0.458. The highest BCUT2D eigenvalue weighted by Crippen LogP contribution is 2.32. The van der Waals surface area contributed by atoms with Gasteiger partial charge in [-0.25, -0.2) is 4.79 Å². The Hall–Kier alpha value is -2.35. The topological polar surface area (TPSA) is 22.0 Å². The van der Waals surface area contributed by atoms with E-state index in [0.717, 1.165) is 26.6 Å². The number of hydrogen-bond acceptors (Lipinski definition) is 1. The predicted molar refractivity (Wildman–Crippen MR) is 95.3 cm³/mol. The number of fused-ring (bicyclic) bond motifs is 1. The molecule has 3 heteroatoms. The summed E-state index contributed by atoms with van der Waals surface area (Å²) < 4.78 is 2.94. The Kier molecular flexibility index (Phi) is 3.84. The van der Waals surface area contributed by atoms with Gasteiger partial charge in [0.2, 0.25) is 0 Å². The molecule has 22 heavy (non-hydrogen) atoms. The molecule has 0 amide bonds. The van der Waals surface area contributed by atoms with Crippen molar-refractivity contribution in [1.29, 1.82) is 0 Å². The minimum Gasteiger partial charge on any atom is -0.300 e. The fraction of sp³-hybridized carbons (Fsp3) is 0.0526. The Balaban J connectivity index is 2.37. The molecule has 0 radical (unpaired) electrons. The zero-order chi connectivity index (χ0) is 15.7. The third-order valence-corrected chi connectivity index (χ3v) is 4.10. The highest BCUT2D eigenvalue weighted by Gasteiger charge is 2.15. The van der Waals surface area contributed by atoms with E-state index in [4.69, 9.17) is 0 Å². The van der Waals surface area contributed by atoms with Crippen molar-refractivity contribution in [1.82, 2.24) is 4.57 Å². The first-order valence-electron chi connectivity index (χ1n) is 6.89. The summed E-state index contributed by atoms with van der Waals surface area (Å²) in [5.74, 6) is 2.04. The average molecular weight is 352 g/mol. The van der Waals surface area contributed by atoms with Crippen molar-refractivity contribution >= 4 is 38.5 Å². The smallest absolute Gasteiger partial charge is 0.151 e. The van der Waals surface area contributed by atoms with Crippen molar-refractivity contribution in [3.05, 3.63) is 71.2 Å². The second kappa shape index (κ2) is 5.80. The highest BCUT2D eigenvalue weighted by atomic mass is 79.9. The number of benzene rings is 2. The van der Waals surface area contributed by atoms with E-state index in [0.29, 0.717) is 11.3 Å². The van der Waals surface area contributed by atoms with Crippen LogP contribution in [0.15, 0.2) is 71.2 Å². The summed E-state index contributed by atoms with van der Waals surface area (Å²) in [6.45, 7) is 5.73. The maximum atomic E-state index is 11.5. The lowest BCUT2D eigenvalue weighted by molar-refractivity contribution is 0.568. The van der Waals surface area contributed by atoms with Gasteiger partial charge < -0.3 is 0 Å². The van der Waals surface area contributed by atoms with Crippen LogP contribution in [0.5, 0.6) is 0 Å². The molecule has 0 atom stereocenters. The van der Waals surface area contributed by atoms with Crippen LogP contribution in [0, 0.1) is 0 Å². The van der Waals surface area contributed by atoms with Gasteiger partial charge >= 0.3 is 0 Å². The van der Waals surface area contributed by atoms with E-state index in [9.17, 15) is 4.79 Å². The van der Waals surface area contributed by atoms with E-state index < -0.39 is 0 Å². The molecule has 108 valence electrons. The molecular formula is C19H14BrNO. The molecule has 0 saturated heterocycles. The van der Waals surface area contributed by atoms with Crippen LogP contribution in [0.25, 0.3) is 27.9 Å². The third-order valence-electron chi connectivity index (χ3n) is 3.58. The summed E-state index contributed by atoms with van der Waals surface area (Å²) in [5.41, 5.74) is 4.11. The first-order chi connectivity index (χ1) is 10.6. The number of para-hydroxylation sites is 1. The number of nitrogens with zero attached hydrogens (tertiary/aromatic N) is 1. The predicted octanol–water partition coefficient (Wildman–Crippen LogP) is 5.32. The quantitative estimate of drug-likeness (QED) is 0.462. The Morgan fingerprint density at radius 1 is 1.14 bits per heavy atom. The van der Waals surface area contributed by atoms with E-state index >= 15 is 0 Å². The van der Waals surface area contributed by atoms with Gasteiger partial charge in [0.05, 0.1) is 11.2 Å². The van der Waals surface area contributed by atoms with Gasteiger partial charge in [-0.15, -0.1) is 0 Å². The molecule has 1 heterocycles. The lowest BCUT2D eigenvalue weighted by Gasteiger charge is -2.12. The zero-order valence-corrected chi connectivity index (χ0v) is 13.7. The molecule has 0 fully saturated rings. The molecule has 0 saturated carbocycles. The van der Waals surface area contributed by atoms with Crippen LogP contribution in [0.1, 0.15) is 6.92 Å². The van der Waals surface area contributed by atoms with E-state index in [-0.39, 0.29) is 0 Å². The molecule has 0 unspecified atom stereocenters. The van der Waals surface area contributed by atoms with E-state index in [1.54, 1.807) is 0 Å². The molecular weight excluding hydrogens is 338 g/mol. The summed E-state index contributed by atoms with van der Waals surface area (Å²) >= 11 is 3.45. The number of halogens is 1. The normalized spacial score (nSPS) is 10.5. The molecule has 0 spiro atoms. The number of allylic oxidation sites excluding steroid dienone is 2. The summed E-state index contributed by atoms with van der Waals surface area (Å²) in [5, 5.41) is 1.08. The van der Waals surface area contributed by atoms with Gasteiger partial charge in [0.15, 0.2) is 5.94 Å². The lowest BCUT2D eigenvalue weighted by Crippen LogP contribution is -2.01. The molecule has 3 rings (SSSR count). The Bertz CT molecular complexity index is 912. The summed E-state index contributed by atoms with van der Waals surface area (Å²) in [7, 11) is 0. The number of carbonyl (C=O) groups excluding carboxylic acids is 1. The third kappa shape index (κ3) is 2.45. The van der Waals surface area contributed by atoms with Crippen LogP contribution < -0.4 is 0 Å². The molecule has 2 nitrogen and oxygen atoms in total. The van der Waals surface area contributed by atoms with Gasteiger partial charge in [-0.1, -0.05) is 52.8 Å². The first-order valence-corrected chi connectivity index (χ1v) is 7.69. The fourth-order valence-corrected chi connectivity index (χ4v) is 2.82. The standard InChI is InChI=1S/C19H14BrNO/c1-13(2)19(12-22)21-17-6-4-3-5-15(17)11-18(21)14-7-9-16(20)10-8-14/h3-11H,1H2,2H3. The van der Waals surface area contributed by atoms with Crippen LogP contribution in [0.2, 0.25) is 0 Å². The van der Waals surface area contributed by atoms with Crippen molar-refractivity contribution in [2.24, 2.45) is 0 Å². The van der Waals surface area contributed by atoms with Crippen molar-refractivity contribution in [2.45, 2.75) is 6.92 Å². The van der Waals surface area contributed by atoms with Gasteiger partial charge in [-0.2, -0.15) is 0 Å². The molecule has 3 aromatic rings. The summed E-state index contributed by atoms with van der Waals surface area (Å²) in [6, 6.07) is 18.1. The van der Waals surface area contributed by atoms with Gasteiger partial charge in [0.1, 0.15) is 5.70 Å². The highest BCUT2D eigenvalue weighted by molar-refractivity contribution is 9.10. The van der Waals surface area contributed by atoms with E-state index in [1.165, 1.54) is 0 Å². The zero-order valence-electron chi connectivity index (χ0n) is 12.1. The van der Waals surface area contributed by atoms with Crippen molar-refractivity contribution in [2.75, 3.05) is 0 Å². The molecule has 0 bridgehead atoms. The van der Waals surface area contributed by atoms with Crippen molar-refractivity contribution in [3.8, 4) is 11.3 Å². The van der Waals surface area contributed by atoms with E-state index in [1.807, 2.05) is 66.0 Å². The van der Waals surface area contributed by atoms with Gasteiger partial charge in [0.25, 0.3) is 0 Å². The maximum Gasteiger partial charge on any atom is 0.151 e. The molecule has 0 aliphatic rings. The number of hydrogen-bond donors (Lipinski definition) is 0. The minimum absolute atomic E-state index is 0.458. The lowest BCUT2D eigenvalue weighted by atomic mass is 10.1. The van der Waals surface area contributed by atoms with Gasteiger partial charge in [-0.05, 0) is 42.3 Å². The van der Waals surface area contributed by atoms with Crippen molar-refractivity contribution < 1.29 is 4.79 Å². The van der Waals surface area contributed by atoms with Crippen molar-refractivity contribution in [3.63, 3.8) is 0 Å². The Labute approximate surface area is 137 Å². The molecule has 0 N–H and O–H groups in total. The van der Waals surface area contributed by atoms with Crippen LogP contribution in [0.3, 0.4) is 0 Å². The maximum absolute atomic E-state index is 11.5. The SMILES string of the molecule is C=C(C)C(=C=O)n1c(-c2ccc(Br)cc2)cc2ccccc21. The van der Waals surface area contributed by atoms with Crippen LogP contribution in [0.4, 0.5) is 0 Å². The number of rotatable bonds is 3. The average Bonchev–Trinajstić information content (AvgIpc) is 2.88. The molecule has 0 aliphatic heterocycles. The monoisotopic (exact) mass is 351 g/mol. The summed E-state index contributed by atoms with van der Waals surface area (Å²) in [4.78, 5) is 11.5. The largest absolute Gasteiger partial charge is 0.300 e. The summed E-state index contributed by atoms with van der Waals surface area (Å²) in [6.07, 6.45) is 0. The Morgan fingerprint density at radius 3 is 2.45 bits per heavy atom. The van der Waals surface area contributed by atoms with E-state index in [2.05, 4.69) is 28.6 Å². The Morgan fingerprint density at radius 2 is 1.82 bits per heavy atom. The molecule has 1 aromatic heterocycles. The second-order valence-electron chi connectivity index (χ2n) is 5.16. The molecule has 0 aliphatic carbocycles.